The second kappa shape index (κ2) is 8.19. The summed E-state index contributed by atoms with van der Waals surface area (Å²) in [6.07, 6.45) is 2.33. The number of hydrogen-bond acceptors (Lipinski definition) is 3. The van der Waals surface area contributed by atoms with E-state index in [4.69, 9.17) is 4.74 Å². The molecule has 144 valence electrons. The number of piperidine rings is 1. The normalized spacial score (nSPS) is 20.7. The Labute approximate surface area is 155 Å². The SMILES string of the molecule is CCOC(=O)[C@]1(Cc2ccc(F)cc2)CCCN(C(=O)CC(C)(C)C)C1. The molecule has 1 saturated heterocycles. The van der Waals surface area contributed by atoms with E-state index in [2.05, 4.69) is 0 Å². The van der Waals surface area contributed by atoms with Gasteiger partial charge in [-0.2, -0.15) is 0 Å². The van der Waals surface area contributed by atoms with Gasteiger partial charge in [0.1, 0.15) is 5.82 Å². The molecule has 0 aliphatic carbocycles. The van der Waals surface area contributed by atoms with Crippen LogP contribution >= 0.6 is 0 Å². The maximum Gasteiger partial charge on any atom is 0.314 e. The van der Waals surface area contributed by atoms with Crippen LogP contribution in [0.2, 0.25) is 0 Å². The highest BCUT2D eigenvalue weighted by atomic mass is 19.1. The smallest absolute Gasteiger partial charge is 0.314 e. The quantitative estimate of drug-likeness (QED) is 0.744. The predicted octanol–water partition coefficient (Wildman–Crippen LogP) is 3.98. The fourth-order valence-electron chi connectivity index (χ4n) is 3.57. The maximum atomic E-state index is 13.2. The lowest BCUT2D eigenvalue weighted by atomic mass is 9.74. The maximum absolute atomic E-state index is 13.2. The molecule has 0 spiro atoms. The van der Waals surface area contributed by atoms with Gasteiger partial charge in [0, 0.05) is 19.5 Å². The highest BCUT2D eigenvalue weighted by molar-refractivity contribution is 5.81. The molecule has 26 heavy (non-hydrogen) atoms. The van der Waals surface area contributed by atoms with Gasteiger partial charge in [-0.25, -0.2) is 4.39 Å². The van der Waals surface area contributed by atoms with Crippen LogP contribution < -0.4 is 0 Å². The summed E-state index contributed by atoms with van der Waals surface area (Å²) in [6, 6.07) is 6.21. The van der Waals surface area contributed by atoms with Crippen LogP contribution in [0.15, 0.2) is 24.3 Å². The van der Waals surface area contributed by atoms with E-state index >= 15 is 0 Å². The van der Waals surface area contributed by atoms with Crippen molar-refractivity contribution in [1.82, 2.24) is 4.90 Å². The molecular formula is C21H30FNO3. The van der Waals surface area contributed by atoms with E-state index < -0.39 is 5.41 Å². The first-order chi connectivity index (χ1) is 12.1. The summed E-state index contributed by atoms with van der Waals surface area (Å²) in [5.41, 5.74) is 0.0159. The van der Waals surface area contributed by atoms with Gasteiger partial charge < -0.3 is 9.64 Å². The van der Waals surface area contributed by atoms with E-state index in [0.717, 1.165) is 12.0 Å². The molecule has 0 aromatic heterocycles. The van der Waals surface area contributed by atoms with Gasteiger partial charge in [-0.05, 0) is 49.3 Å². The molecule has 1 atom stereocenters. The number of rotatable bonds is 5. The molecule has 1 heterocycles. The fraction of sp³-hybridized carbons (Fsp3) is 0.619. The second-order valence-corrected chi connectivity index (χ2v) is 8.46. The van der Waals surface area contributed by atoms with Gasteiger partial charge in [0.15, 0.2) is 0 Å². The van der Waals surface area contributed by atoms with Crippen molar-refractivity contribution in [3.63, 3.8) is 0 Å². The van der Waals surface area contributed by atoms with Gasteiger partial charge in [0.25, 0.3) is 0 Å². The predicted molar refractivity (Wildman–Crippen MR) is 99.1 cm³/mol. The molecule has 1 aromatic carbocycles. The lowest BCUT2D eigenvalue weighted by molar-refractivity contribution is -0.161. The first kappa shape index (κ1) is 20.4. The molecular weight excluding hydrogens is 333 g/mol. The molecule has 0 N–H and O–H groups in total. The fourth-order valence-corrected chi connectivity index (χ4v) is 3.57. The highest BCUT2D eigenvalue weighted by Crippen LogP contribution is 2.36. The Morgan fingerprint density at radius 1 is 1.23 bits per heavy atom. The van der Waals surface area contributed by atoms with Crippen LogP contribution in [-0.2, 0) is 20.7 Å². The van der Waals surface area contributed by atoms with Crippen molar-refractivity contribution < 1.29 is 18.7 Å². The summed E-state index contributed by atoms with van der Waals surface area (Å²) < 4.78 is 18.6. The van der Waals surface area contributed by atoms with Crippen molar-refractivity contribution in [3.8, 4) is 0 Å². The number of ether oxygens (including phenoxy) is 1. The Bertz CT molecular complexity index is 636. The van der Waals surface area contributed by atoms with E-state index in [9.17, 15) is 14.0 Å². The third-order valence-corrected chi connectivity index (χ3v) is 4.78. The van der Waals surface area contributed by atoms with Crippen LogP contribution in [0.3, 0.4) is 0 Å². The number of nitrogens with zero attached hydrogens (tertiary/aromatic N) is 1. The first-order valence-electron chi connectivity index (χ1n) is 9.35. The average molecular weight is 363 g/mol. The number of likely N-dealkylation sites (tertiary alicyclic amines) is 1. The molecule has 1 aliphatic rings. The zero-order valence-electron chi connectivity index (χ0n) is 16.3. The third kappa shape index (κ3) is 5.29. The number of carbonyl (C=O) groups is 2. The minimum atomic E-state index is -0.764. The Kier molecular flexibility index (Phi) is 6.43. The molecule has 0 saturated carbocycles. The molecule has 4 nitrogen and oxygen atoms in total. The molecule has 0 radical (unpaired) electrons. The Morgan fingerprint density at radius 2 is 1.88 bits per heavy atom. The summed E-state index contributed by atoms with van der Waals surface area (Å²) in [7, 11) is 0. The van der Waals surface area contributed by atoms with Gasteiger partial charge in [-0.15, -0.1) is 0 Å². The van der Waals surface area contributed by atoms with Crippen molar-refractivity contribution in [3.05, 3.63) is 35.6 Å². The largest absolute Gasteiger partial charge is 0.466 e. The Balaban J connectivity index is 2.24. The number of carbonyl (C=O) groups excluding carboxylic acids is 2. The van der Waals surface area contributed by atoms with E-state index in [0.29, 0.717) is 39.0 Å². The monoisotopic (exact) mass is 363 g/mol. The number of benzene rings is 1. The molecule has 1 aromatic rings. The second-order valence-electron chi connectivity index (χ2n) is 8.46. The van der Waals surface area contributed by atoms with Gasteiger partial charge in [0.2, 0.25) is 5.91 Å². The van der Waals surface area contributed by atoms with Gasteiger partial charge in [0.05, 0.1) is 12.0 Å². The molecule has 5 heteroatoms. The van der Waals surface area contributed by atoms with Crippen molar-refractivity contribution in [2.75, 3.05) is 19.7 Å². The summed E-state index contributed by atoms with van der Waals surface area (Å²) in [6.45, 7) is 9.22. The zero-order valence-corrected chi connectivity index (χ0v) is 16.3. The summed E-state index contributed by atoms with van der Waals surface area (Å²) in [5.74, 6) is -0.493. The number of esters is 1. The van der Waals surface area contributed by atoms with Crippen LogP contribution in [0.5, 0.6) is 0 Å². The van der Waals surface area contributed by atoms with E-state index in [1.54, 1.807) is 24.0 Å². The standard InChI is InChI=1S/C21H30FNO3/c1-5-26-19(25)21(13-16-7-9-17(22)10-8-16)11-6-12-23(15-21)18(24)14-20(2,3)4/h7-10H,5-6,11-15H2,1-4H3/t21-/m0/s1. The van der Waals surface area contributed by atoms with E-state index in [1.807, 2.05) is 20.8 Å². The van der Waals surface area contributed by atoms with Gasteiger partial charge >= 0.3 is 5.97 Å². The molecule has 0 bridgehead atoms. The third-order valence-electron chi connectivity index (χ3n) is 4.78. The van der Waals surface area contributed by atoms with Crippen LogP contribution in [-0.4, -0.2) is 36.5 Å². The molecule has 1 amide bonds. The number of halogens is 1. The lowest BCUT2D eigenvalue weighted by Gasteiger charge is -2.41. The van der Waals surface area contributed by atoms with Crippen LogP contribution in [0.25, 0.3) is 0 Å². The van der Waals surface area contributed by atoms with Crippen molar-refractivity contribution in [1.29, 1.82) is 0 Å². The number of hydrogen-bond donors (Lipinski definition) is 0. The Hall–Kier alpha value is -1.91. The summed E-state index contributed by atoms with van der Waals surface area (Å²) >= 11 is 0. The zero-order chi connectivity index (χ0) is 19.4. The molecule has 0 unspecified atom stereocenters. The van der Waals surface area contributed by atoms with Crippen LogP contribution in [0, 0.1) is 16.6 Å². The van der Waals surface area contributed by atoms with E-state index in [1.165, 1.54) is 12.1 Å². The lowest BCUT2D eigenvalue weighted by Crippen LogP contribution is -2.52. The van der Waals surface area contributed by atoms with E-state index in [-0.39, 0.29) is 23.1 Å². The minimum Gasteiger partial charge on any atom is -0.466 e. The molecule has 1 fully saturated rings. The highest BCUT2D eigenvalue weighted by Gasteiger charge is 2.45. The van der Waals surface area contributed by atoms with Gasteiger partial charge in [-0.3, -0.25) is 9.59 Å². The van der Waals surface area contributed by atoms with Crippen molar-refractivity contribution >= 4 is 11.9 Å². The average Bonchev–Trinajstić information content (AvgIpc) is 2.56. The Morgan fingerprint density at radius 3 is 2.46 bits per heavy atom. The minimum absolute atomic E-state index is 0.0741. The summed E-state index contributed by atoms with van der Waals surface area (Å²) in [4.78, 5) is 27.3. The first-order valence-corrected chi connectivity index (χ1v) is 9.35. The summed E-state index contributed by atoms with van der Waals surface area (Å²) in [5, 5.41) is 0. The van der Waals surface area contributed by atoms with Gasteiger partial charge in [-0.1, -0.05) is 32.9 Å². The molecule has 1 aliphatic heterocycles. The topological polar surface area (TPSA) is 46.6 Å². The molecule has 2 rings (SSSR count). The number of amides is 1. The van der Waals surface area contributed by atoms with Crippen molar-refractivity contribution in [2.45, 2.75) is 53.4 Å². The van der Waals surface area contributed by atoms with Crippen molar-refractivity contribution in [2.24, 2.45) is 10.8 Å². The van der Waals surface area contributed by atoms with Crippen LogP contribution in [0.4, 0.5) is 4.39 Å². The van der Waals surface area contributed by atoms with Crippen LogP contribution in [0.1, 0.15) is 52.5 Å².